The Kier molecular flexibility index (Phi) is 3.05. The van der Waals surface area contributed by atoms with Crippen molar-refractivity contribution in [3.63, 3.8) is 0 Å². The van der Waals surface area contributed by atoms with Gasteiger partial charge in [-0.3, -0.25) is 0 Å². The molecule has 0 atom stereocenters. The number of hydrogen-bond acceptors (Lipinski definition) is 0. The van der Waals surface area contributed by atoms with Crippen molar-refractivity contribution in [2.75, 3.05) is 0 Å². The van der Waals surface area contributed by atoms with Crippen LogP contribution in [0.15, 0.2) is 12.2 Å². The number of rotatable bonds is 0. The molecule has 0 N–H and O–H groups in total. The number of hydrogen-bond donors (Lipinski definition) is 0. The van der Waals surface area contributed by atoms with Crippen molar-refractivity contribution in [2.24, 2.45) is 0 Å². The third-order valence-corrected chi connectivity index (χ3v) is 0.734. The van der Waals surface area contributed by atoms with Crippen LogP contribution in [0, 0.1) is 0 Å². The predicted molar refractivity (Wildman–Crippen MR) is 35.1 cm³/mol. The summed E-state index contributed by atoms with van der Waals surface area (Å²) >= 11 is 15.8. The summed E-state index contributed by atoms with van der Waals surface area (Å²) in [7, 11) is 0. The van der Waals surface area contributed by atoms with Gasteiger partial charge < -0.3 is 0 Å². The highest BCUT2D eigenvalue weighted by molar-refractivity contribution is 6.68. The molecule has 7 heavy (non-hydrogen) atoms. The first-order chi connectivity index (χ1) is 3.06. The molecule has 42 valence electrons. The molecule has 0 heterocycles. The molecule has 0 saturated carbocycles. The van der Waals surface area contributed by atoms with E-state index in [9.17, 15) is 0 Å². The Morgan fingerprint density at radius 3 is 1.71 bits per heavy atom. The SMILES string of the molecule is CC=CC(Cl)(Cl)Cl. The zero-order valence-corrected chi connectivity index (χ0v) is 6.06. The molecule has 0 rings (SSSR count). The molecule has 0 aliphatic heterocycles. The second-order valence-electron chi connectivity index (χ2n) is 1.04. The Labute approximate surface area is 58.1 Å². The van der Waals surface area contributed by atoms with Crippen molar-refractivity contribution < 1.29 is 0 Å². The van der Waals surface area contributed by atoms with Crippen LogP contribution in [0.2, 0.25) is 0 Å². The molecule has 0 fully saturated rings. The molecule has 0 aliphatic rings. The topological polar surface area (TPSA) is 0 Å². The average Bonchev–Trinajstić information content (AvgIpc) is 1.30. The van der Waals surface area contributed by atoms with Gasteiger partial charge in [0.15, 0.2) is 0 Å². The summed E-state index contributed by atoms with van der Waals surface area (Å²) in [5.41, 5.74) is 0. The summed E-state index contributed by atoms with van der Waals surface area (Å²) < 4.78 is -1.21. The molecule has 0 nitrogen and oxygen atoms in total. The van der Waals surface area contributed by atoms with Gasteiger partial charge in [0.05, 0.1) is 0 Å². The Morgan fingerprint density at radius 1 is 1.29 bits per heavy atom. The zero-order valence-electron chi connectivity index (χ0n) is 3.79. The second kappa shape index (κ2) is 2.81. The summed E-state index contributed by atoms with van der Waals surface area (Å²) in [6.07, 6.45) is 3.17. The van der Waals surface area contributed by atoms with Crippen molar-refractivity contribution in [2.45, 2.75) is 10.7 Å². The van der Waals surface area contributed by atoms with E-state index in [2.05, 4.69) is 0 Å². The quantitative estimate of drug-likeness (QED) is 0.377. The fraction of sp³-hybridized carbons (Fsp3) is 0.500. The van der Waals surface area contributed by atoms with E-state index in [4.69, 9.17) is 34.8 Å². The Morgan fingerprint density at radius 2 is 1.71 bits per heavy atom. The van der Waals surface area contributed by atoms with Gasteiger partial charge >= 0.3 is 0 Å². The lowest BCUT2D eigenvalue weighted by Gasteiger charge is -1.99. The zero-order chi connectivity index (χ0) is 5.91. The second-order valence-corrected chi connectivity index (χ2v) is 3.41. The molecular weight excluding hydrogens is 154 g/mol. The van der Waals surface area contributed by atoms with Gasteiger partial charge in [0.2, 0.25) is 3.79 Å². The number of alkyl halides is 3. The van der Waals surface area contributed by atoms with Crippen molar-refractivity contribution in [1.82, 2.24) is 0 Å². The summed E-state index contributed by atoms with van der Waals surface area (Å²) in [5, 5.41) is 0. The molecule has 0 amide bonds. The van der Waals surface area contributed by atoms with Crippen LogP contribution < -0.4 is 0 Å². The van der Waals surface area contributed by atoms with Gasteiger partial charge in [-0.2, -0.15) is 0 Å². The molecule has 0 radical (unpaired) electrons. The third-order valence-electron chi connectivity index (χ3n) is 0.356. The fourth-order valence-electron chi connectivity index (χ4n) is 0.189. The largest absolute Gasteiger partial charge is 0.209 e. The standard InChI is InChI=1S/C4H5Cl3/c1-2-3-4(5,6)7/h2-3H,1H3. The molecule has 0 aromatic carbocycles. The lowest BCUT2D eigenvalue weighted by atomic mass is 10.6. The molecule has 0 saturated heterocycles. The molecule has 0 bridgehead atoms. The smallest absolute Gasteiger partial charge is 0.0875 e. The van der Waals surface area contributed by atoms with Crippen LogP contribution in [0.4, 0.5) is 0 Å². The van der Waals surface area contributed by atoms with Crippen LogP contribution in [0.25, 0.3) is 0 Å². The summed E-state index contributed by atoms with van der Waals surface area (Å²) in [4.78, 5) is 0. The fourth-order valence-corrected chi connectivity index (χ4v) is 0.567. The highest BCUT2D eigenvalue weighted by Gasteiger charge is 2.12. The Bertz CT molecular complexity index is 69.5. The summed E-state index contributed by atoms with van der Waals surface area (Å²) in [6.45, 7) is 1.79. The van der Waals surface area contributed by atoms with Gasteiger partial charge in [-0.1, -0.05) is 40.9 Å². The first-order valence-corrected chi connectivity index (χ1v) is 2.90. The van der Waals surface area contributed by atoms with Crippen molar-refractivity contribution >= 4 is 34.8 Å². The highest BCUT2D eigenvalue weighted by Crippen LogP contribution is 2.26. The molecule has 0 spiro atoms. The predicted octanol–water partition coefficient (Wildman–Crippen LogP) is 2.93. The lowest BCUT2D eigenvalue weighted by molar-refractivity contribution is 1.44. The lowest BCUT2D eigenvalue weighted by Crippen LogP contribution is -1.92. The van der Waals surface area contributed by atoms with Crippen LogP contribution >= 0.6 is 34.8 Å². The van der Waals surface area contributed by atoms with Gasteiger partial charge in [-0.15, -0.1) is 0 Å². The van der Waals surface area contributed by atoms with Gasteiger partial charge in [0, 0.05) is 0 Å². The normalized spacial score (nSPS) is 13.1. The van der Waals surface area contributed by atoms with E-state index in [0.717, 1.165) is 0 Å². The van der Waals surface area contributed by atoms with E-state index in [1.54, 1.807) is 13.0 Å². The molecule has 0 aliphatic carbocycles. The van der Waals surface area contributed by atoms with Gasteiger partial charge in [0.25, 0.3) is 0 Å². The Balaban J connectivity index is 3.56. The van der Waals surface area contributed by atoms with E-state index in [1.807, 2.05) is 0 Å². The molecule has 0 unspecified atom stereocenters. The highest BCUT2D eigenvalue weighted by atomic mass is 35.6. The van der Waals surface area contributed by atoms with Gasteiger partial charge in [-0.05, 0) is 13.0 Å². The monoisotopic (exact) mass is 158 g/mol. The van der Waals surface area contributed by atoms with Crippen molar-refractivity contribution in [3.05, 3.63) is 12.2 Å². The Hall–Kier alpha value is 0.610. The minimum atomic E-state index is -1.21. The van der Waals surface area contributed by atoms with Gasteiger partial charge in [0.1, 0.15) is 0 Å². The van der Waals surface area contributed by atoms with Crippen LogP contribution in [-0.2, 0) is 0 Å². The van der Waals surface area contributed by atoms with E-state index < -0.39 is 3.79 Å². The van der Waals surface area contributed by atoms with Gasteiger partial charge in [-0.25, -0.2) is 0 Å². The van der Waals surface area contributed by atoms with Crippen LogP contribution in [0.5, 0.6) is 0 Å². The maximum atomic E-state index is 5.28. The van der Waals surface area contributed by atoms with E-state index in [1.165, 1.54) is 6.08 Å². The van der Waals surface area contributed by atoms with E-state index in [-0.39, 0.29) is 0 Å². The maximum Gasteiger partial charge on any atom is 0.209 e. The van der Waals surface area contributed by atoms with Crippen LogP contribution in [0.1, 0.15) is 6.92 Å². The third kappa shape index (κ3) is 6.61. The van der Waals surface area contributed by atoms with E-state index in [0.29, 0.717) is 0 Å². The van der Waals surface area contributed by atoms with E-state index >= 15 is 0 Å². The maximum absolute atomic E-state index is 5.28. The number of allylic oxidation sites excluding steroid dienone is 2. The average molecular weight is 159 g/mol. The molecule has 3 heteroatoms. The van der Waals surface area contributed by atoms with Crippen LogP contribution in [-0.4, -0.2) is 3.79 Å². The summed E-state index contributed by atoms with van der Waals surface area (Å²) in [6, 6.07) is 0. The number of halogens is 3. The molecular formula is C4H5Cl3. The van der Waals surface area contributed by atoms with Crippen LogP contribution in [0.3, 0.4) is 0 Å². The minimum Gasteiger partial charge on any atom is -0.0875 e. The molecule has 0 aromatic rings. The summed E-state index contributed by atoms with van der Waals surface area (Å²) in [5.74, 6) is 0. The van der Waals surface area contributed by atoms with Crippen molar-refractivity contribution in [3.8, 4) is 0 Å². The first-order valence-electron chi connectivity index (χ1n) is 1.77. The van der Waals surface area contributed by atoms with Crippen molar-refractivity contribution in [1.29, 1.82) is 0 Å². The molecule has 0 aromatic heterocycles. The minimum absolute atomic E-state index is 1.21. The first kappa shape index (κ1) is 7.61.